The minimum atomic E-state index is -0.491. The van der Waals surface area contributed by atoms with Crippen LogP contribution in [0, 0.1) is 17.2 Å². The van der Waals surface area contributed by atoms with Crippen LogP contribution in [0.2, 0.25) is 0 Å². The Morgan fingerprint density at radius 2 is 2.38 bits per heavy atom. The van der Waals surface area contributed by atoms with Gasteiger partial charge in [0.05, 0.1) is 6.07 Å². The number of hydrogen-bond acceptors (Lipinski definition) is 3. The predicted molar refractivity (Wildman–Crippen MR) is 62.7 cm³/mol. The standard InChI is InChI=1S/C12H21N3O/c1-4-10(8-13)12(16)14-11-5-6-15(3)9(2)7-11/h9-11H,4-7H2,1-3H3,(H,14,16). The second-order valence-corrected chi connectivity index (χ2v) is 4.65. The molecule has 1 fully saturated rings. The van der Waals surface area contributed by atoms with Crippen LogP contribution in [0.1, 0.15) is 33.1 Å². The molecule has 0 bridgehead atoms. The van der Waals surface area contributed by atoms with E-state index in [0.29, 0.717) is 12.5 Å². The van der Waals surface area contributed by atoms with Crippen molar-refractivity contribution in [2.45, 2.75) is 45.2 Å². The minimum absolute atomic E-state index is 0.105. The van der Waals surface area contributed by atoms with Gasteiger partial charge in [-0.1, -0.05) is 6.92 Å². The third kappa shape index (κ3) is 3.21. The summed E-state index contributed by atoms with van der Waals surface area (Å²) in [6.45, 7) is 5.04. The first-order valence-electron chi connectivity index (χ1n) is 5.98. The molecule has 0 aromatic heterocycles. The Labute approximate surface area is 97.6 Å². The van der Waals surface area contributed by atoms with E-state index in [0.717, 1.165) is 19.4 Å². The first-order chi connectivity index (χ1) is 7.58. The van der Waals surface area contributed by atoms with Crippen LogP contribution < -0.4 is 5.32 Å². The van der Waals surface area contributed by atoms with E-state index in [1.807, 2.05) is 13.0 Å². The molecule has 4 nitrogen and oxygen atoms in total. The summed E-state index contributed by atoms with van der Waals surface area (Å²) in [5, 5.41) is 11.8. The van der Waals surface area contributed by atoms with Gasteiger partial charge < -0.3 is 10.2 Å². The maximum absolute atomic E-state index is 11.7. The third-order valence-electron chi connectivity index (χ3n) is 3.44. The van der Waals surface area contributed by atoms with E-state index in [9.17, 15) is 4.79 Å². The van der Waals surface area contributed by atoms with E-state index in [1.165, 1.54) is 0 Å². The molecule has 1 aliphatic rings. The summed E-state index contributed by atoms with van der Waals surface area (Å²) in [4.78, 5) is 14.0. The number of rotatable bonds is 3. The fraction of sp³-hybridized carbons (Fsp3) is 0.833. The summed E-state index contributed by atoms with van der Waals surface area (Å²) in [5.74, 6) is -0.596. The van der Waals surface area contributed by atoms with E-state index in [4.69, 9.17) is 5.26 Å². The van der Waals surface area contributed by atoms with Gasteiger partial charge in [-0.25, -0.2) is 0 Å². The Morgan fingerprint density at radius 3 is 2.88 bits per heavy atom. The largest absolute Gasteiger partial charge is 0.352 e. The van der Waals surface area contributed by atoms with E-state index in [-0.39, 0.29) is 11.9 Å². The highest BCUT2D eigenvalue weighted by Gasteiger charge is 2.25. The van der Waals surface area contributed by atoms with Crippen molar-refractivity contribution in [2.24, 2.45) is 5.92 Å². The van der Waals surface area contributed by atoms with Crippen LogP contribution >= 0.6 is 0 Å². The van der Waals surface area contributed by atoms with Crippen molar-refractivity contribution in [3.05, 3.63) is 0 Å². The molecule has 1 heterocycles. The molecule has 1 amide bonds. The molecule has 3 unspecified atom stereocenters. The van der Waals surface area contributed by atoms with Crippen LogP contribution in [0.15, 0.2) is 0 Å². The first kappa shape index (κ1) is 13.0. The molecule has 1 aliphatic heterocycles. The van der Waals surface area contributed by atoms with Crippen molar-refractivity contribution in [1.29, 1.82) is 5.26 Å². The highest BCUT2D eigenvalue weighted by atomic mass is 16.1. The van der Waals surface area contributed by atoms with Gasteiger partial charge in [0.1, 0.15) is 5.92 Å². The lowest BCUT2D eigenvalue weighted by Gasteiger charge is -2.35. The molecule has 0 aromatic carbocycles. The third-order valence-corrected chi connectivity index (χ3v) is 3.44. The summed E-state index contributed by atoms with van der Waals surface area (Å²) in [5.41, 5.74) is 0. The molecular weight excluding hydrogens is 202 g/mol. The molecular formula is C12H21N3O. The highest BCUT2D eigenvalue weighted by molar-refractivity contribution is 5.81. The normalized spacial score (nSPS) is 28.1. The van der Waals surface area contributed by atoms with Crippen LogP contribution in [0.4, 0.5) is 0 Å². The lowest BCUT2D eigenvalue weighted by molar-refractivity contribution is -0.124. The van der Waals surface area contributed by atoms with Gasteiger partial charge in [-0.3, -0.25) is 4.79 Å². The number of nitrogens with zero attached hydrogens (tertiary/aromatic N) is 2. The SMILES string of the molecule is CCC(C#N)C(=O)NC1CCN(C)C(C)C1. The second kappa shape index (κ2) is 5.86. The molecule has 16 heavy (non-hydrogen) atoms. The molecule has 90 valence electrons. The zero-order valence-corrected chi connectivity index (χ0v) is 10.4. The number of nitrogens with one attached hydrogen (secondary N) is 1. The van der Waals surface area contributed by atoms with Crippen molar-refractivity contribution < 1.29 is 4.79 Å². The molecule has 1 N–H and O–H groups in total. The smallest absolute Gasteiger partial charge is 0.237 e. The van der Waals surface area contributed by atoms with Gasteiger partial charge in [-0.15, -0.1) is 0 Å². The van der Waals surface area contributed by atoms with Crippen molar-refractivity contribution >= 4 is 5.91 Å². The van der Waals surface area contributed by atoms with Gasteiger partial charge in [-0.05, 0) is 33.2 Å². The zero-order valence-electron chi connectivity index (χ0n) is 10.4. The molecule has 3 atom stereocenters. The summed E-state index contributed by atoms with van der Waals surface area (Å²) in [6.07, 6.45) is 2.54. The molecule has 0 saturated carbocycles. The van der Waals surface area contributed by atoms with E-state index < -0.39 is 5.92 Å². The Morgan fingerprint density at radius 1 is 1.69 bits per heavy atom. The van der Waals surface area contributed by atoms with E-state index in [1.54, 1.807) is 0 Å². The number of piperidine rings is 1. The van der Waals surface area contributed by atoms with Gasteiger partial charge in [-0.2, -0.15) is 5.26 Å². The van der Waals surface area contributed by atoms with Gasteiger partial charge in [0, 0.05) is 18.6 Å². The number of likely N-dealkylation sites (tertiary alicyclic amines) is 1. The Kier molecular flexibility index (Phi) is 4.75. The van der Waals surface area contributed by atoms with Crippen molar-refractivity contribution in [3.8, 4) is 6.07 Å². The van der Waals surface area contributed by atoms with Crippen molar-refractivity contribution in [3.63, 3.8) is 0 Å². The molecule has 1 saturated heterocycles. The van der Waals surface area contributed by atoms with Crippen LogP contribution in [0.3, 0.4) is 0 Å². The van der Waals surface area contributed by atoms with Gasteiger partial charge in [0.2, 0.25) is 5.91 Å². The zero-order chi connectivity index (χ0) is 12.1. The summed E-state index contributed by atoms with van der Waals surface area (Å²) >= 11 is 0. The lowest BCUT2D eigenvalue weighted by atomic mass is 9.98. The number of nitriles is 1. The van der Waals surface area contributed by atoms with E-state index >= 15 is 0 Å². The molecule has 0 spiro atoms. The number of hydrogen-bond donors (Lipinski definition) is 1. The second-order valence-electron chi connectivity index (χ2n) is 4.65. The summed E-state index contributed by atoms with van der Waals surface area (Å²) < 4.78 is 0. The average Bonchev–Trinajstić information content (AvgIpc) is 2.25. The maximum atomic E-state index is 11.7. The van der Waals surface area contributed by atoms with Crippen molar-refractivity contribution in [2.75, 3.05) is 13.6 Å². The lowest BCUT2D eigenvalue weighted by Crippen LogP contribution is -2.48. The van der Waals surface area contributed by atoms with Gasteiger partial charge in [0.15, 0.2) is 0 Å². The van der Waals surface area contributed by atoms with Gasteiger partial charge in [0.25, 0.3) is 0 Å². The molecule has 0 radical (unpaired) electrons. The number of carbonyl (C=O) groups is 1. The summed E-state index contributed by atoms with van der Waals surface area (Å²) in [7, 11) is 2.10. The quantitative estimate of drug-likeness (QED) is 0.780. The number of amides is 1. The fourth-order valence-corrected chi connectivity index (χ4v) is 2.06. The predicted octanol–water partition coefficient (Wildman–Crippen LogP) is 1.14. The Balaban J connectivity index is 2.44. The van der Waals surface area contributed by atoms with Crippen LogP contribution in [-0.2, 0) is 4.79 Å². The fourth-order valence-electron chi connectivity index (χ4n) is 2.06. The van der Waals surface area contributed by atoms with Crippen LogP contribution in [-0.4, -0.2) is 36.5 Å². The highest BCUT2D eigenvalue weighted by Crippen LogP contribution is 2.16. The number of carbonyl (C=O) groups excluding carboxylic acids is 1. The maximum Gasteiger partial charge on any atom is 0.237 e. The average molecular weight is 223 g/mol. The topological polar surface area (TPSA) is 56.1 Å². The Hall–Kier alpha value is -1.08. The first-order valence-corrected chi connectivity index (χ1v) is 5.98. The molecule has 1 rings (SSSR count). The van der Waals surface area contributed by atoms with Crippen LogP contribution in [0.5, 0.6) is 0 Å². The van der Waals surface area contributed by atoms with Crippen LogP contribution in [0.25, 0.3) is 0 Å². The van der Waals surface area contributed by atoms with Gasteiger partial charge >= 0.3 is 0 Å². The minimum Gasteiger partial charge on any atom is -0.352 e. The monoisotopic (exact) mass is 223 g/mol. The van der Waals surface area contributed by atoms with Crippen molar-refractivity contribution in [1.82, 2.24) is 10.2 Å². The molecule has 0 aromatic rings. The molecule has 0 aliphatic carbocycles. The molecule has 4 heteroatoms. The summed E-state index contributed by atoms with van der Waals surface area (Å²) in [6, 6.07) is 2.78. The Bertz CT molecular complexity index is 284. The van der Waals surface area contributed by atoms with E-state index in [2.05, 4.69) is 24.2 Å².